The third kappa shape index (κ3) is 3.24. The Morgan fingerprint density at radius 2 is 2.12 bits per heavy atom. The molecule has 5 rings (SSSR count). The van der Waals surface area contributed by atoms with Crippen molar-refractivity contribution >= 4 is 29.5 Å². The molecule has 2 fully saturated rings. The van der Waals surface area contributed by atoms with Crippen LogP contribution in [0.1, 0.15) is 26.2 Å². The zero-order chi connectivity index (χ0) is 24.3. The van der Waals surface area contributed by atoms with E-state index in [-0.39, 0.29) is 19.0 Å². The zero-order valence-corrected chi connectivity index (χ0v) is 19.2. The third-order valence-electron chi connectivity index (χ3n) is 7.58. The van der Waals surface area contributed by atoms with Crippen LogP contribution in [-0.2, 0) is 0 Å². The highest BCUT2D eigenvalue weighted by Gasteiger charge is 2.85. The average Bonchev–Trinajstić information content (AvgIpc) is 3.46. The van der Waals surface area contributed by atoms with Crippen LogP contribution in [0, 0.1) is 16.7 Å². The predicted molar refractivity (Wildman–Crippen MR) is 122 cm³/mol. The normalized spacial score (nSPS) is 30.0. The summed E-state index contributed by atoms with van der Waals surface area (Å²) in [5.41, 5.74) is 4.09. The number of anilines is 3. The fourth-order valence-electron chi connectivity index (χ4n) is 6.08. The van der Waals surface area contributed by atoms with Crippen LogP contribution >= 0.6 is 0 Å². The molecule has 1 aromatic heterocycles. The number of nitrogens with zero attached hydrogens (tertiary/aromatic N) is 4. The van der Waals surface area contributed by atoms with Crippen molar-refractivity contribution in [3.63, 3.8) is 0 Å². The Kier molecular flexibility index (Phi) is 5.07. The molecule has 2 aromatic rings. The van der Waals surface area contributed by atoms with Crippen molar-refractivity contribution in [2.45, 2.75) is 38.4 Å². The lowest BCUT2D eigenvalue weighted by atomic mass is 9.66. The monoisotopic (exact) mass is 476 g/mol. The SMILES string of the molecule is COc1cc(Nc2ncc3c(n2)N(C)C(C2(C(F)(F)F)CC24CC(C)C4)CO3)ccc1N=CN. The summed E-state index contributed by atoms with van der Waals surface area (Å²) in [7, 11) is 3.17. The first-order chi connectivity index (χ1) is 16.1. The van der Waals surface area contributed by atoms with Gasteiger partial charge in [-0.05, 0) is 42.7 Å². The van der Waals surface area contributed by atoms with Crippen LogP contribution in [0.4, 0.5) is 36.3 Å². The van der Waals surface area contributed by atoms with Crippen molar-refractivity contribution in [1.29, 1.82) is 0 Å². The number of aliphatic imine (C=N–C) groups is 1. The average molecular weight is 477 g/mol. The van der Waals surface area contributed by atoms with E-state index in [0.29, 0.717) is 47.5 Å². The molecule has 1 spiro atoms. The van der Waals surface area contributed by atoms with Crippen LogP contribution in [-0.4, -0.2) is 49.3 Å². The number of hydrogen-bond donors (Lipinski definition) is 2. The Morgan fingerprint density at radius 3 is 2.76 bits per heavy atom. The third-order valence-corrected chi connectivity index (χ3v) is 7.58. The number of methoxy groups -OCH3 is 1. The van der Waals surface area contributed by atoms with Crippen LogP contribution in [0.3, 0.4) is 0 Å². The highest BCUT2D eigenvalue weighted by atomic mass is 19.4. The minimum Gasteiger partial charge on any atom is -0.494 e. The lowest BCUT2D eigenvalue weighted by Crippen LogP contribution is -2.56. The van der Waals surface area contributed by atoms with Gasteiger partial charge in [-0.15, -0.1) is 0 Å². The van der Waals surface area contributed by atoms with E-state index in [0.717, 1.165) is 0 Å². The Hall–Kier alpha value is -3.24. The summed E-state index contributed by atoms with van der Waals surface area (Å²) in [5.74, 6) is 1.75. The topological polar surface area (TPSA) is 97.9 Å². The molecule has 2 unspecified atom stereocenters. The highest BCUT2D eigenvalue weighted by Crippen LogP contribution is 2.82. The smallest absolute Gasteiger partial charge is 0.397 e. The summed E-state index contributed by atoms with van der Waals surface area (Å²) in [6, 6.07) is 4.33. The predicted octanol–water partition coefficient (Wildman–Crippen LogP) is 4.41. The molecule has 8 nitrogen and oxygen atoms in total. The molecule has 2 heterocycles. The molecule has 3 aliphatic rings. The summed E-state index contributed by atoms with van der Waals surface area (Å²) >= 11 is 0. The van der Waals surface area contributed by atoms with Gasteiger partial charge in [0.15, 0.2) is 11.6 Å². The number of fused-ring (bicyclic) bond motifs is 1. The van der Waals surface area contributed by atoms with Crippen molar-refractivity contribution in [1.82, 2.24) is 9.97 Å². The molecule has 0 bridgehead atoms. The molecule has 1 aromatic carbocycles. The van der Waals surface area contributed by atoms with E-state index in [1.165, 1.54) is 19.6 Å². The molecule has 182 valence electrons. The number of benzene rings is 1. The number of halogens is 3. The fraction of sp³-hybridized carbons (Fsp3) is 0.522. The lowest BCUT2D eigenvalue weighted by Gasteiger charge is -2.46. The van der Waals surface area contributed by atoms with Crippen LogP contribution in [0.15, 0.2) is 29.4 Å². The fourth-order valence-corrected chi connectivity index (χ4v) is 6.08. The van der Waals surface area contributed by atoms with E-state index in [1.54, 1.807) is 30.1 Å². The molecule has 2 saturated carbocycles. The van der Waals surface area contributed by atoms with Crippen LogP contribution < -0.4 is 25.4 Å². The van der Waals surface area contributed by atoms with Crippen molar-refractivity contribution in [3.05, 3.63) is 24.4 Å². The van der Waals surface area contributed by atoms with Gasteiger partial charge in [0, 0.05) is 18.8 Å². The summed E-state index contributed by atoms with van der Waals surface area (Å²) in [6.45, 7) is 1.96. The maximum atomic E-state index is 14.4. The van der Waals surface area contributed by atoms with Gasteiger partial charge < -0.3 is 25.4 Å². The molecule has 2 aliphatic carbocycles. The van der Waals surface area contributed by atoms with Gasteiger partial charge in [-0.25, -0.2) is 9.98 Å². The summed E-state index contributed by atoms with van der Waals surface area (Å²) < 4.78 is 54.4. The van der Waals surface area contributed by atoms with Gasteiger partial charge in [-0.2, -0.15) is 18.2 Å². The maximum absolute atomic E-state index is 14.4. The van der Waals surface area contributed by atoms with Crippen LogP contribution in [0.25, 0.3) is 0 Å². The lowest BCUT2D eigenvalue weighted by molar-refractivity contribution is -0.216. The molecule has 0 saturated heterocycles. The van der Waals surface area contributed by atoms with Gasteiger partial charge in [0.1, 0.15) is 18.0 Å². The summed E-state index contributed by atoms with van der Waals surface area (Å²) in [5, 5.41) is 3.07. The maximum Gasteiger partial charge on any atom is 0.397 e. The van der Waals surface area contributed by atoms with Gasteiger partial charge in [-0.1, -0.05) is 6.92 Å². The quantitative estimate of drug-likeness (QED) is 0.487. The second kappa shape index (κ2) is 7.64. The first-order valence-electron chi connectivity index (χ1n) is 11.1. The minimum atomic E-state index is -4.31. The molecule has 0 radical (unpaired) electrons. The largest absolute Gasteiger partial charge is 0.494 e. The van der Waals surface area contributed by atoms with Gasteiger partial charge in [0.2, 0.25) is 5.95 Å². The Bertz CT molecular complexity index is 1130. The van der Waals surface area contributed by atoms with Gasteiger partial charge in [-0.3, -0.25) is 0 Å². The van der Waals surface area contributed by atoms with Gasteiger partial charge in [0.25, 0.3) is 0 Å². The van der Waals surface area contributed by atoms with Crippen LogP contribution in [0.5, 0.6) is 11.5 Å². The van der Waals surface area contributed by atoms with Gasteiger partial charge >= 0.3 is 6.18 Å². The zero-order valence-electron chi connectivity index (χ0n) is 19.2. The summed E-state index contributed by atoms with van der Waals surface area (Å²) in [6.07, 6.45) is -0.305. The molecule has 2 atom stereocenters. The Labute approximate surface area is 195 Å². The number of aromatic nitrogens is 2. The second-order valence-electron chi connectivity index (χ2n) is 9.55. The molecule has 34 heavy (non-hydrogen) atoms. The van der Waals surface area contributed by atoms with E-state index in [9.17, 15) is 13.2 Å². The first kappa shape index (κ1) is 22.5. The highest BCUT2D eigenvalue weighted by molar-refractivity contribution is 5.69. The Morgan fingerprint density at radius 1 is 1.35 bits per heavy atom. The van der Waals surface area contributed by atoms with Crippen molar-refractivity contribution in [2.24, 2.45) is 27.5 Å². The number of alkyl halides is 3. The Balaban J connectivity index is 1.42. The molecular formula is C23H27F3N6O2. The van der Waals surface area contributed by atoms with E-state index >= 15 is 0 Å². The minimum absolute atomic E-state index is 0.0460. The first-order valence-corrected chi connectivity index (χ1v) is 11.1. The van der Waals surface area contributed by atoms with E-state index in [2.05, 4.69) is 20.3 Å². The van der Waals surface area contributed by atoms with E-state index < -0.39 is 23.0 Å². The number of likely N-dealkylation sites (N-methyl/N-ethyl adjacent to an activating group) is 1. The van der Waals surface area contributed by atoms with Crippen molar-refractivity contribution < 1.29 is 22.6 Å². The van der Waals surface area contributed by atoms with Gasteiger partial charge in [0.05, 0.1) is 31.1 Å². The van der Waals surface area contributed by atoms with Crippen molar-refractivity contribution in [2.75, 3.05) is 31.0 Å². The van der Waals surface area contributed by atoms with E-state index in [4.69, 9.17) is 15.2 Å². The molecule has 0 amide bonds. The number of nitrogens with one attached hydrogen (secondary N) is 1. The molecule has 11 heteroatoms. The van der Waals surface area contributed by atoms with Crippen molar-refractivity contribution in [3.8, 4) is 11.5 Å². The second-order valence-corrected chi connectivity index (χ2v) is 9.55. The standard InChI is InChI=1S/C23H27F3N6O2/c1-13-7-21(8-13)11-22(21,23(24,25)26)18-10-34-17-9-28-20(31-19(17)32(18)2)30-14-4-5-15(29-12-27)16(6-14)33-3/h4-6,9,12-13,18H,7-8,10-11H2,1-3H3,(H2,27,29)(H,28,30,31). The molecular weight excluding hydrogens is 449 g/mol. The number of hydrogen-bond acceptors (Lipinski definition) is 7. The number of ether oxygens (including phenoxy) is 2. The summed E-state index contributed by atoms with van der Waals surface area (Å²) in [4.78, 5) is 14.4. The number of nitrogens with two attached hydrogens (primary N) is 1. The van der Waals surface area contributed by atoms with Crippen LogP contribution in [0.2, 0.25) is 0 Å². The number of rotatable bonds is 5. The van der Waals surface area contributed by atoms with E-state index in [1.807, 2.05) is 6.92 Å². The molecule has 1 aliphatic heterocycles. The molecule has 3 N–H and O–H groups in total.